The van der Waals surface area contributed by atoms with Gasteiger partial charge in [-0.3, -0.25) is 4.79 Å². The summed E-state index contributed by atoms with van der Waals surface area (Å²) in [5.74, 6) is -0.848. The first-order valence-corrected chi connectivity index (χ1v) is 6.95. The molecule has 2 heterocycles. The number of aromatic nitrogens is 2. The van der Waals surface area contributed by atoms with Crippen LogP contribution in [0.3, 0.4) is 0 Å². The highest BCUT2D eigenvalue weighted by molar-refractivity contribution is 7.99. The fourth-order valence-electron chi connectivity index (χ4n) is 2.05. The van der Waals surface area contributed by atoms with E-state index in [0.29, 0.717) is 0 Å². The van der Waals surface area contributed by atoms with Crippen LogP contribution in [0.5, 0.6) is 0 Å². The first-order chi connectivity index (χ1) is 9.74. The van der Waals surface area contributed by atoms with Gasteiger partial charge in [-0.05, 0) is 17.7 Å². The van der Waals surface area contributed by atoms with E-state index >= 15 is 0 Å². The summed E-state index contributed by atoms with van der Waals surface area (Å²) in [5.41, 5.74) is 1.79. The lowest BCUT2D eigenvalue weighted by Crippen LogP contribution is -2.02. The molecular formula is C15H12N2O2S. The number of pyridine rings is 1. The molecule has 0 unspecified atom stereocenters. The van der Waals surface area contributed by atoms with Gasteiger partial charge in [-0.1, -0.05) is 36.0 Å². The molecule has 3 aromatic rings. The molecule has 0 spiro atoms. The third-order valence-electron chi connectivity index (χ3n) is 2.95. The van der Waals surface area contributed by atoms with Gasteiger partial charge in [-0.15, -0.1) is 0 Å². The first-order valence-electron chi connectivity index (χ1n) is 6.13. The molecule has 2 aromatic heterocycles. The number of hydrogen-bond acceptors (Lipinski definition) is 3. The number of carboxylic acids is 1. The zero-order chi connectivity index (χ0) is 13.9. The SMILES string of the molecule is O=C(O)Cc1cccnc1Sc1c[nH]c2ccccc12. The van der Waals surface area contributed by atoms with Crippen molar-refractivity contribution in [2.75, 3.05) is 0 Å². The molecule has 20 heavy (non-hydrogen) atoms. The quantitative estimate of drug-likeness (QED) is 0.771. The van der Waals surface area contributed by atoms with Crippen LogP contribution >= 0.6 is 11.8 Å². The second-order valence-electron chi connectivity index (χ2n) is 4.34. The summed E-state index contributed by atoms with van der Waals surface area (Å²) in [6.07, 6.45) is 3.59. The lowest BCUT2D eigenvalue weighted by atomic mass is 10.2. The van der Waals surface area contributed by atoms with Crippen molar-refractivity contribution in [1.29, 1.82) is 0 Å². The van der Waals surface area contributed by atoms with Crippen molar-refractivity contribution in [1.82, 2.24) is 9.97 Å². The number of aliphatic carboxylic acids is 1. The first kappa shape index (κ1) is 12.7. The van der Waals surface area contributed by atoms with Crippen LogP contribution in [0.1, 0.15) is 5.56 Å². The highest BCUT2D eigenvalue weighted by Crippen LogP contribution is 2.34. The second kappa shape index (κ2) is 5.38. The molecule has 3 rings (SSSR count). The van der Waals surface area contributed by atoms with E-state index in [4.69, 9.17) is 5.11 Å². The lowest BCUT2D eigenvalue weighted by molar-refractivity contribution is -0.136. The molecule has 0 radical (unpaired) electrons. The van der Waals surface area contributed by atoms with Crippen LogP contribution < -0.4 is 0 Å². The molecule has 0 fully saturated rings. The Balaban J connectivity index is 1.97. The van der Waals surface area contributed by atoms with Gasteiger partial charge in [-0.25, -0.2) is 4.98 Å². The second-order valence-corrected chi connectivity index (χ2v) is 5.37. The summed E-state index contributed by atoms with van der Waals surface area (Å²) < 4.78 is 0. The maximum absolute atomic E-state index is 10.9. The van der Waals surface area contributed by atoms with Crippen molar-refractivity contribution in [3.05, 3.63) is 54.4 Å². The maximum Gasteiger partial charge on any atom is 0.307 e. The Hall–Kier alpha value is -2.27. The van der Waals surface area contributed by atoms with E-state index in [0.717, 1.165) is 26.4 Å². The Morgan fingerprint density at radius 1 is 1.25 bits per heavy atom. The largest absolute Gasteiger partial charge is 0.481 e. The van der Waals surface area contributed by atoms with Gasteiger partial charge < -0.3 is 10.1 Å². The highest BCUT2D eigenvalue weighted by Gasteiger charge is 2.11. The smallest absolute Gasteiger partial charge is 0.307 e. The molecule has 5 heteroatoms. The molecule has 4 nitrogen and oxygen atoms in total. The Labute approximate surface area is 119 Å². The number of H-pyrrole nitrogens is 1. The van der Waals surface area contributed by atoms with Crippen molar-refractivity contribution in [3.63, 3.8) is 0 Å². The van der Waals surface area contributed by atoms with E-state index in [2.05, 4.69) is 9.97 Å². The average Bonchev–Trinajstić information content (AvgIpc) is 2.84. The van der Waals surface area contributed by atoms with E-state index in [1.54, 1.807) is 18.3 Å². The Bertz CT molecular complexity index is 767. The molecule has 0 aliphatic heterocycles. The topological polar surface area (TPSA) is 66.0 Å². The van der Waals surface area contributed by atoms with Crippen molar-refractivity contribution < 1.29 is 9.90 Å². The van der Waals surface area contributed by atoms with Gasteiger partial charge in [0.2, 0.25) is 0 Å². The number of hydrogen-bond donors (Lipinski definition) is 2. The third-order valence-corrected chi connectivity index (χ3v) is 4.07. The summed E-state index contributed by atoms with van der Waals surface area (Å²) in [7, 11) is 0. The number of benzene rings is 1. The van der Waals surface area contributed by atoms with Gasteiger partial charge in [0.15, 0.2) is 0 Å². The fraction of sp³-hybridized carbons (Fsp3) is 0.0667. The Morgan fingerprint density at radius 2 is 2.10 bits per heavy atom. The molecule has 0 saturated carbocycles. The number of para-hydroxylation sites is 1. The number of carbonyl (C=O) groups is 1. The van der Waals surface area contributed by atoms with E-state index in [1.165, 1.54) is 11.8 Å². The summed E-state index contributed by atoms with van der Waals surface area (Å²) in [5, 5.41) is 10.8. The van der Waals surface area contributed by atoms with Gasteiger partial charge in [-0.2, -0.15) is 0 Å². The van der Waals surface area contributed by atoms with Crippen LogP contribution in [0.15, 0.2) is 58.7 Å². The van der Waals surface area contributed by atoms with Crippen molar-refractivity contribution in [2.24, 2.45) is 0 Å². The van der Waals surface area contributed by atoms with E-state index in [1.807, 2.05) is 30.5 Å². The highest BCUT2D eigenvalue weighted by atomic mass is 32.2. The van der Waals surface area contributed by atoms with Gasteiger partial charge in [0.05, 0.1) is 6.42 Å². The predicted molar refractivity (Wildman–Crippen MR) is 78.0 cm³/mol. The van der Waals surface area contributed by atoms with Crippen LogP contribution in [0, 0.1) is 0 Å². The molecule has 0 aliphatic rings. The van der Waals surface area contributed by atoms with Crippen molar-refractivity contribution >= 4 is 28.6 Å². The van der Waals surface area contributed by atoms with Gasteiger partial charge in [0, 0.05) is 28.2 Å². The van der Waals surface area contributed by atoms with Crippen LogP contribution in [0.25, 0.3) is 10.9 Å². The molecule has 1 aromatic carbocycles. The zero-order valence-corrected chi connectivity index (χ0v) is 11.4. The minimum atomic E-state index is -0.848. The summed E-state index contributed by atoms with van der Waals surface area (Å²) in [4.78, 5) is 19.4. The number of fused-ring (bicyclic) bond motifs is 1. The minimum Gasteiger partial charge on any atom is -0.481 e. The van der Waals surface area contributed by atoms with Crippen LogP contribution in [0.4, 0.5) is 0 Å². The summed E-state index contributed by atoms with van der Waals surface area (Å²) in [6, 6.07) is 11.6. The molecule has 0 saturated heterocycles. The van der Waals surface area contributed by atoms with Crippen LogP contribution in [-0.4, -0.2) is 21.0 Å². The number of nitrogens with zero attached hydrogens (tertiary/aromatic N) is 1. The zero-order valence-electron chi connectivity index (χ0n) is 10.5. The van der Waals surface area contributed by atoms with E-state index < -0.39 is 5.97 Å². The fourth-order valence-corrected chi connectivity index (χ4v) is 3.05. The number of aromatic amines is 1. The van der Waals surface area contributed by atoms with E-state index in [-0.39, 0.29) is 6.42 Å². The molecule has 0 bridgehead atoms. The number of rotatable bonds is 4. The molecule has 2 N–H and O–H groups in total. The van der Waals surface area contributed by atoms with Crippen molar-refractivity contribution in [2.45, 2.75) is 16.3 Å². The maximum atomic E-state index is 10.9. The average molecular weight is 284 g/mol. The Morgan fingerprint density at radius 3 is 2.95 bits per heavy atom. The minimum absolute atomic E-state index is 0.0153. The molecule has 100 valence electrons. The lowest BCUT2D eigenvalue weighted by Gasteiger charge is -2.05. The summed E-state index contributed by atoms with van der Waals surface area (Å²) in [6.45, 7) is 0. The molecular weight excluding hydrogens is 272 g/mol. The van der Waals surface area contributed by atoms with E-state index in [9.17, 15) is 4.79 Å². The summed E-state index contributed by atoms with van der Waals surface area (Å²) >= 11 is 1.49. The normalized spacial score (nSPS) is 10.8. The van der Waals surface area contributed by atoms with Gasteiger partial charge >= 0.3 is 5.97 Å². The van der Waals surface area contributed by atoms with Gasteiger partial charge in [0.25, 0.3) is 0 Å². The molecule has 0 aliphatic carbocycles. The number of carboxylic acid groups (broad SMARTS) is 1. The van der Waals surface area contributed by atoms with Crippen LogP contribution in [0.2, 0.25) is 0 Å². The Kier molecular flexibility index (Phi) is 3.43. The molecule has 0 amide bonds. The third kappa shape index (κ3) is 2.53. The van der Waals surface area contributed by atoms with Crippen molar-refractivity contribution in [3.8, 4) is 0 Å². The van der Waals surface area contributed by atoms with Crippen LogP contribution in [-0.2, 0) is 11.2 Å². The molecule has 0 atom stereocenters. The van der Waals surface area contributed by atoms with Gasteiger partial charge in [0.1, 0.15) is 5.03 Å². The standard InChI is InChI=1S/C15H12N2O2S/c18-14(19)8-10-4-3-7-16-15(10)20-13-9-17-12-6-2-1-5-11(12)13/h1-7,9,17H,8H2,(H,18,19). The predicted octanol–water partition coefficient (Wildman–Crippen LogP) is 3.34. The number of nitrogens with one attached hydrogen (secondary N) is 1. The monoisotopic (exact) mass is 284 g/mol.